The van der Waals surface area contributed by atoms with E-state index in [2.05, 4.69) is 10.3 Å². The highest BCUT2D eigenvalue weighted by molar-refractivity contribution is 8.00. The van der Waals surface area contributed by atoms with E-state index < -0.39 is 4.92 Å². The number of nitrogens with zero attached hydrogens (tertiary/aromatic N) is 5. The van der Waals surface area contributed by atoms with Crippen LogP contribution in [0, 0.1) is 10.1 Å². The van der Waals surface area contributed by atoms with Gasteiger partial charge in [0.15, 0.2) is 0 Å². The number of benzene rings is 2. The van der Waals surface area contributed by atoms with Crippen LogP contribution >= 0.6 is 11.8 Å². The number of hydrogen-bond donors (Lipinski definition) is 0. The second-order valence-corrected chi connectivity index (χ2v) is 7.09. The molecule has 0 aliphatic carbocycles. The summed E-state index contributed by atoms with van der Waals surface area (Å²) in [5, 5.41) is 19.1. The maximum atomic E-state index is 12.3. The van der Waals surface area contributed by atoms with Gasteiger partial charge in [-0.2, -0.15) is 0 Å². The van der Waals surface area contributed by atoms with Crippen molar-refractivity contribution in [3.63, 3.8) is 0 Å². The predicted molar refractivity (Wildman–Crippen MR) is 101 cm³/mol. The van der Waals surface area contributed by atoms with Crippen molar-refractivity contribution in [3.8, 4) is 0 Å². The summed E-state index contributed by atoms with van der Waals surface area (Å²) in [5.41, 5.74) is 2.35. The van der Waals surface area contributed by atoms with Crippen molar-refractivity contribution in [3.05, 3.63) is 76.1 Å². The van der Waals surface area contributed by atoms with Gasteiger partial charge in [-0.3, -0.25) is 14.9 Å². The number of fused-ring (bicyclic) bond motifs is 1. The Bertz CT molecular complexity index is 1020. The third-order valence-electron chi connectivity index (χ3n) is 4.18. The summed E-state index contributed by atoms with van der Waals surface area (Å²) in [4.78, 5) is 25.6. The van der Waals surface area contributed by atoms with Crippen LogP contribution in [-0.4, -0.2) is 31.6 Å². The number of nitro benzene ring substituents is 1. The summed E-state index contributed by atoms with van der Waals surface area (Å²) in [6, 6.07) is 14.2. The van der Waals surface area contributed by atoms with E-state index in [9.17, 15) is 14.9 Å². The van der Waals surface area contributed by atoms with E-state index in [4.69, 9.17) is 0 Å². The Hall–Kier alpha value is -3.20. The number of hydrogen-bond acceptors (Lipinski definition) is 6. The number of thioether (sulfide) groups is 1. The van der Waals surface area contributed by atoms with Gasteiger partial charge in [-0.05, 0) is 17.7 Å². The molecule has 0 saturated carbocycles. The second-order valence-electron chi connectivity index (χ2n) is 6.07. The number of aromatic nitrogens is 3. The Morgan fingerprint density at radius 2 is 2.00 bits per heavy atom. The van der Waals surface area contributed by atoms with Crippen molar-refractivity contribution >= 4 is 29.0 Å². The highest BCUT2D eigenvalue weighted by atomic mass is 32.2. The molecule has 0 saturated heterocycles. The molecule has 136 valence electrons. The van der Waals surface area contributed by atoms with Crippen molar-refractivity contribution in [1.82, 2.24) is 15.0 Å². The largest absolute Gasteiger partial charge is 0.304 e. The van der Waals surface area contributed by atoms with Gasteiger partial charge in [-0.15, -0.1) is 16.9 Å². The zero-order chi connectivity index (χ0) is 18.8. The number of amides is 1. The van der Waals surface area contributed by atoms with E-state index in [-0.39, 0.29) is 11.6 Å². The van der Waals surface area contributed by atoms with E-state index in [1.165, 1.54) is 23.9 Å². The van der Waals surface area contributed by atoms with Crippen molar-refractivity contribution in [2.75, 3.05) is 10.7 Å². The lowest BCUT2D eigenvalue weighted by atomic mass is 10.2. The van der Waals surface area contributed by atoms with Gasteiger partial charge in [0.05, 0.1) is 35.6 Å². The fourth-order valence-corrected chi connectivity index (χ4v) is 3.87. The molecular formula is C18H15N5O3S. The van der Waals surface area contributed by atoms with E-state index in [1.54, 1.807) is 27.9 Å². The first-order valence-corrected chi connectivity index (χ1v) is 9.23. The van der Waals surface area contributed by atoms with Gasteiger partial charge in [-0.1, -0.05) is 29.5 Å². The average Bonchev–Trinajstić information content (AvgIpc) is 3.11. The van der Waals surface area contributed by atoms with E-state index in [0.29, 0.717) is 24.5 Å². The predicted octanol–water partition coefficient (Wildman–Crippen LogP) is 2.87. The van der Waals surface area contributed by atoms with Crippen molar-refractivity contribution in [1.29, 1.82) is 0 Å². The van der Waals surface area contributed by atoms with Gasteiger partial charge in [0.2, 0.25) is 5.91 Å². The van der Waals surface area contributed by atoms with Crippen LogP contribution in [0.4, 0.5) is 11.4 Å². The Kier molecular flexibility index (Phi) is 4.59. The topological polar surface area (TPSA) is 94.2 Å². The minimum absolute atomic E-state index is 0.0342. The molecule has 1 aliphatic heterocycles. The first-order chi connectivity index (χ1) is 13.1. The molecule has 0 atom stereocenters. The minimum Gasteiger partial charge on any atom is -0.304 e. The van der Waals surface area contributed by atoms with E-state index in [1.807, 2.05) is 24.3 Å². The average molecular weight is 381 g/mol. The fraction of sp³-hybridized carbons (Fsp3) is 0.167. The lowest BCUT2D eigenvalue weighted by Crippen LogP contribution is -2.34. The third-order valence-corrected chi connectivity index (χ3v) is 5.23. The van der Waals surface area contributed by atoms with Crippen LogP contribution in [0.15, 0.2) is 59.6 Å². The van der Waals surface area contributed by atoms with Crippen LogP contribution in [0.3, 0.4) is 0 Å². The van der Waals surface area contributed by atoms with Crippen LogP contribution in [0.1, 0.15) is 11.3 Å². The molecule has 1 amide bonds. The molecule has 0 fully saturated rings. The molecule has 2 heterocycles. The maximum Gasteiger partial charge on any atom is 0.269 e. The Morgan fingerprint density at radius 3 is 2.85 bits per heavy atom. The Labute approximate surface area is 158 Å². The van der Waals surface area contributed by atoms with Gasteiger partial charge >= 0.3 is 0 Å². The molecule has 1 aliphatic rings. The summed E-state index contributed by atoms with van der Waals surface area (Å²) in [6.45, 7) is 0.709. The maximum absolute atomic E-state index is 12.3. The molecule has 27 heavy (non-hydrogen) atoms. The van der Waals surface area contributed by atoms with Crippen LogP contribution in [-0.2, 0) is 17.9 Å². The fourth-order valence-electron chi connectivity index (χ4n) is 2.93. The number of nitro groups is 1. The highest BCUT2D eigenvalue weighted by Gasteiger charge is 2.25. The van der Waals surface area contributed by atoms with Crippen LogP contribution in [0.5, 0.6) is 0 Å². The van der Waals surface area contributed by atoms with Gasteiger partial charge in [0.25, 0.3) is 5.69 Å². The van der Waals surface area contributed by atoms with Crippen molar-refractivity contribution < 1.29 is 9.72 Å². The molecule has 0 N–H and O–H groups in total. The third kappa shape index (κ3) is 3.68. The van der Waals surface area contributed by atoms with Gasteiger partial charge in [-0.25, -0.2) is 4.68 Å². The molecule has 0 unspecified atom stereocenters. The van der Waals surface area contributed by atoms with Crippen LogP contribution in [0.2, 0.25) is 0 Å². The summed E-state index contributed by atoms with van der Waals surface area (Å²) >= 11 is 1.53. The molecule has 9 heteroatoms. The highest BCUT2D eigenvalue weighted by Crippen LogP contribution is 2.35. The number of rotatable bonds is 5. The van der Waals surface area contributed by atoms with E-state index in [0.717, 1.165) is 16.1 Å². The molecule has 2 aromatic carbocycles. The lowest BCUT2D eigenvalue weighted by molar-refractivity contribution is -0.384. The minimum atomic E-state index is -0.423. The normalized spacial score (nSPS) is 13.5. The van der Waals surface area contributed by atoms with Crippen LogP contribution in [0.25, 0.3) is 0 Å². The molecule has 8 nitrogen and oxygen atoms in total. The zero-order valence-corrected chi connectivity index (χ0v) is 15.0. The SMILES string of the molecule is O=C1CSc2ccccc2N1Cc1cn(Cc2cccc([N+](=O)[O-])c2)nn1. The van der Waals surface area contributed by atoms with Gasteiger partial charge in [0.1, 0.15) is 5.69 Å². The molecule has 3 aromatic rings. The monoisotopic (exact) mass is 381 g/mol. The molecule has 0 radical (unpaired) electrons. The zero-order valence-electron chi connectivity index (χ0n) is 14.2. The van der Waals surface area contributed by atoms with Crippen molar-refractivity contribution in [2.45, 2.75) is 18.0 Å². The van der Waals surface area contributed by atoms with E-state index >= 15 is 0 Å². The molecule has 0 bridgehead atoms. The smallest absolute Gasteiger partial charge is 0.269 e. The Balaban J connectivity index is 1.51. The molecule has 4 rings (SSSR count). The Morgan fingerprint density at radius 1 is 1.15 bits per heavy atom. The lowest BCUT2D eigenvalue weighted by Gasteiger charge is -2.28. The van der Waals surface area contributed by atoms with Crippen molar-refractivity contribution in [2.24, 2.45) is 0 Å². The summed E-state index contributed by atoms with van der Waals surface area (Å²) in [6.07, 6.45) is 1.76. The number of non-ortho nitro benzene ring substituents is 1. The number of carbonyl (C=O) groups excluding carboxylic acids is 1. The van der Waals surface area contributed by atoms with Gasteiger partial charge in [0, 0.05) is 17.0 Å². The summed E-state index contributed by atoms with van der Waals surface area (Å²) in [7, 11) is 0. The molecule has 0 spiro atoms. The van der Waals surface area contributed by atoms with Gasteiger partial charge < -0.3 is 4.90 Å². The quantitative estimate of drug-likeness (QED) is 0.498. The molecule has 1 aromatic heterocycles. The summed E-state index contributed by atoms with van der Waals surface area (Å²) < 4.78 is 1.61. The summed E-state index contributed by atoms with van der Waals surface area (Å²) in [5.74, 6) is 0.436. The number of carbonyl (C=O) groups is 1. The number of anilines is 1. The number of para-hydroxylation sites is 1. The first kappa shape index (κ1) is 17.2. The second kappa shape index (κ2) is 7.20. The first-order valence-electron chi connectivity index (χ1n) is 8.25. The standard InChI is InChI=1S/C18H15N5O3S/c24-18-12-27-17-7-2-1-6-16(17)22(18)11-14-10-21(20-19-14)9-13-4-3-5-15(8-13)23(25)26/h1-8,10H,9,11-12H2. The molecular weight excluding hydrogens is 366 g/mol. The van der Waals surface area contributed by atoms with Crippen LogP contribution < -0.4 is 4.90 Å².